The molecule has 1 unspecified atom stereocenters. The summed E-state index contributed by atoms with van der Waals surface area (Å²) in [6, 6.07) is 0.0194. The SMILES string of the molecule is Cc1nn(C)c(NCC(N)C(C)C)c1C(N)=O. The second-order valence-corrected chi connectivity index (χ2v) is 4.59. The molecule has 1 heterocycles. The van der Waals surface area contributed by atoms with Crippen LogP contribution in [0.5, 0.6) is 0 Å². The molecule has 6 nitrogen and oxygen atoms in total. The molecule has 0 radical (unpaired) electrons. The molecule has 0 saturated heterocycles. The lowest BCUT2D eigenvalue weighted by Crippen LogP contribution is -2.34. The fraction of sp³-hybridized carbons (Fsp3) is 0.636. The van der Waals surface area contributed by atoms with Gasteiger partial charge in [0.25, 0.3) is 5.91 Å². The summed E-state index contributed by atoms with van der Waals surface area (Å²) in [4.78, 5) is 11.3. The van der Waals surface area contributed by atoms with Crippen LogP contribution in [-0.2, 0) is 7.05 Å². The molecule has 0 aromatic carbocycles. The van der Waals surface area contributed by atoms with Crippen molar-refractivity contribution in [2.45, 2.75) is 26.8 Å². The number of anilines is 1. The summed E-state index contributed by atoms with van der Waals surface area (Å²) in [6.45, 7) is 6.44. The maximum Gasteiger partial charge on any atom is 0.254 e. The summed E-state index contributed by atoms with van der Waals surface area (Å²) < 4.78 is 1.61. The van der Waals surface area contributed by atoms with Crippen molar-refractivity contribution in [3.63, 3.8) is 0 Å². The predicted molar refractivity (Wildman–Crippen MR) is 67.8 cm³/mol. The number of aryl methyl sites for hydroxylation is 2. The minimum absolute atomic E-state index is 0.0194. The molecule has 1 amide bonds. The van der Waals surface area contributed by atoms with E-state index < -0.39 is 5.91 Å². The lowest BCUT2D eigenvalue weighted by Gasteiger charge is -2.17. The largest absolute Gasteiger partial charge is 0.368 e. The van der Waals surface area contributed by atoms with E-state index >= 15 is 0 Å². The monoisotopic (exact) mass is 239 g/mol. The van der Waals surface area contributed by atoms with Crippen LogP contribution in [0.15, 0.2) is 0 Å². The number of carbonyl (C=O) groups excluding carboxylic acids is 1. The van der Waals surface area contributed by atoms with Gasteiger partial charge in [0, 0.05) is 19.6 Å². The molecule has 6 heteroatoms. The van der Waals surface area contributed by atoms with Crippen LogP contribution in [0, 0.1) is 12.8 Å². The molecule has 0 saturated carbocycles. The number of carbonyl (C=O) groups is 1. The predicted octanol–water partition coefficient (Wildman–Crippen LogP) is 0.223. The second-order valence-electron chi connectivity index (χ2n) is 4.59. The molecule has 1 aromatic rings. The number of nitrogens with one attached hydrogen (secondary N) is 1. The van der Waals surface area contributed by atoms with Gasteiger partial charge < -0.3 is 16.8 Å². The Morgan fingerprint density at radius 2 is 2.12 bits per heavy atom. The van der Waals surface area contributed by atoms with E-state index in [1.54, 1.807) is 18.7 Å². The van der Waals surface area contributed by atoms with E-state index in [-0.39, 0.29) is 6.04 Å². The molecular weight excluding hydrogens is 218 g/mol. The summed E-state index contributed by atoms with van der Waals surface area (Å²) >= 11 is 0. The Labute approximate surface area is 101 Å². The molecule has 0 aliphatic rings. The van der Waals surface area contributed by atoms with Crippen molar-refractivity contribution in [1.29, 1.82) is 0 Å². The Morgan fingerprint density at radius 3 is 2.59 bits per heavy atom. The first kappa shape index (κ1) is 13.5. The summed E-state index contributed by atoms with van der Waals surface area (Å²) in [5.41, 5.74) is 12.3. The Morgan fingerprint density at radius 1 is 1.53 bits per heavy atom. The highest BCUT2D eigenvalue weighted by molar-refractivity contribution is 5.98. The maximum atomic E-state index is 11.3. The number of rotatable bonds is 5. The van der Waals surface area contributed by atoms with E-state index in [2.05, 4.69) is 24.3 Å². The molecule has 96 valence electrons. The van der Waals surface area contributed by atoms with E-state index in [1.165, 1.54) is 0 Å². The first-order valence-electron chi connectivity index (χ1n) is 5.67. The third-order valence-electron chi connectivity index (χ3n) is 2.83. The number of amides is 1. The van der Waals surface area contributed by atoms with Crippen molar-refractivity contribution in [2.24, 2.45) is 24.4 Å². The molecule has 5 N–H and O–H groups in total. The molecule has 1 rings (SSSR count). The first-order chi connectivity index (χ1) is 7.84. The van der Waals surface area contributed by atoms with E-state index in [0.717, 1.165) is 0 Å². The number of hydrogen-bond acceptors (Lipinski definition) is 4. The highest BCUT2D eigenvalue weighted by atomic mass is 16.1. The highest BCUT2D eigenvalue weighted by Crippen LogP contribution is 2.18. The fourth-order valence-electron chi connectivity index (χ4n) is 1.61. The van der Waals surface area contributed by atoms with Crippen molar-refractivity contribution in [2.75, 3.05) is 11.9 Å². The zero-order chi connectivity index (χ0) is 13.2. The van der Waals surface area contributed by atoms with Crippen LogP contribution in [0.1, 0.15) is 29.9 Å². The number of aromatic nitrogens is 2. The van der Waals surface area contributed by atoms with Gasteiger partial charge in [-0.05, 0) is 12.8 Å². The number of primary amides is 1. The molecule has 1 aromatic heterocycles. The summed E-state index contributed by atoms with van der Waals surface area (Å²) in [6.07, 6.45) is 0. The van der Waals surface area contributed by atoms with Crippen molar-refractivity contribution in [3.05, 3.63) is 11.3 Å². The van der Waals surface area contributed by atoms with Gasteiger partial charge in [-0.15, -0.1) is 0 Å². The minimum atomic E-state index is -0.476. The van der Waals surface area contributed by atoms with E-state index in [0.29, 0.717) is 29.5 Å². The normalized spacial score (nSPS) is 12.8. The van der Waals surface area contributed by atoms with Gasteiger partial charge in [-0.1, -0.05) is 13.8 Å². The van der Waals surface area contributed by atoms with Crippen LogP contribution in [0.25, 0.3) is 0 Å². The van der Waals surface area contributed by atoms with Crippen LogP contribution in [0.4, 0.5) is 5.82 Å². The third-order valence-corrected chi connectivity index (χ3v) is 2.83. The molecular formula is C11H21N5O. The zero-order valence-electron chi connectivity index (χ0n) is 10.8. The Balaban J connectivity index is 2.87. The molecule has 0 aliphatic heterocycles. The van der Waals surface area contributed by atoms with Gasteiger partial charge in [-0.3, -0.25) is 9.48 Å². The van der Waals surface area contributed by atoms with Crippen molar-refractivity contribution >= 4 is 11.7 Å². The Kier molecular flexibility index (Phi) is 4.11. The topological polar surface area (TPSA) is 99.0 Å². The lowest BCUT2D eigenvalue weighted by atomic mass is 10.1. The lowest BCUT2D eigenvalue weighted by molar-refractivity contribution is 0.100. The van der Waals surface area contributed by atoms with Gasteiger partial charge in [-0.25, -0.2) is 0 Å². The van der Waals surface area contributed by atoms with Crippen LogP contribution in [-0.4, -0.2) is 28.3 Å². The summed E-state index contributed by atoms with van der Waals surface area (Å²) in [5, 5.41) is 7.31. The van der Waals surface area contributed by atoms with Crippen molar-refractivity contribution in [3.8, 4) is 0 Å². The molecule has 17 heavy (non-hydrogen) atoms. The zero-order valence-corrected chi connectivity index (χ0v) is 10.8. The molecule has 1 atom stereocenters. The van der Waals surface area contributed by atoms with Gasteiger partial charge in [0.15, 0.2) is 0 Å². The van der Waals surface area contributed by atoms with Gasteiger partial charge in [0.2, 0.25) is 0 Å². The standard InChI is InChI=1S/C11H21N5O/c1-6(2)8(12)5-14-11-9(10(13)17)7(3)15-16(11)4/h6,8,14H,5,12H2,1-4H3,(H2,13,17). The second kappa shape index (κ2) is 5.18. The van der Waals surface area contributed by atoms with Crippen LogP contribution < -0.4 is 16.8 Å². The van der Waals surface area contributed by atoms with Gasteiger partial charge in [0.05, 0.1) is 5.69 Å². The Bertz CT molecular complexity index is 410. The van der Waals surface area contributed by atoms with Crippen LogP contribution in [0.3, 0.4) is 0 Å². The van der Waals surface area contributed by atoms with Gasteiger partial charge in [0.1, 0.15) is 11.4 Å². The van der Waals surface area contributed by atoms with Crippen molar-refractivity contribution < 1.29 is 4.79 Å². The Hall–Kier alpha value is -1.56. The molecule has 0 fully saturated rings. The van der Waals surface area contributed by atoms with Crippen LogP contribution in [0.2, 0.25) is 0 Å². The highest BCUT2D eigenvalue weighted by Gasteiger charge is 2.18. The average Bonchev–Trinajstić information content (AvgIpc) is 2.49. The summed E-state index contributed by atoms with van der Waals surface area (Å²) in [7, 11) is 1.77. The van der Waals surface area contributed by atoms with Crippen molar-refractivity contribution in [1.82, 2.24) is 9.78 Å². The number of nitrogens with two attached hydrogens (primary N) is 2. The first-order valence-corrected chi connectivity index (χ1v) is 5.67. The van der Waals surface area contributed by atoms with Gasteiger partial charge >= 0.3 is 0 Å². The summed E-state index contributed by atoms with van der Waals surface area (Å²) in [5.74, 6) is 0.524. The van der Waals surface area contributed by atoms with E-state index in [4.69, 9.17) is 11.5 Å². The quantitative estimate of drug-likeness (QED) is 0.684. The fourth-order valence-corrected chi connectivity index (χ4v) is 1.61. The number of nitrogens with zero attached hydrogens (tertiary/aromatic N) is 2. The smallest absolute Gasteiger partial charge is 0.254 e. The van der Waals surface area contributed by atoms with Gasteiger partial charge in [-0.2, -0.15) is 5.10 Å². The maximum absolute atomic E-state index is 11.3. The third kappa shape index (κ3) is 2.97. The molecule has 0 spiro atoms. The molecule has 0 aliphatic carbocycles. The number of hydrogen-bond donors (Lipinski definition) is 3. The van der Waals surface area contributed by atoms with Crippen LogP contribution >= 0.6 is 0 Å². The van der Waals surface area contributed by atoms with E-state index in [1.807, 2.05) is 0 Å². The average molecular weight is 239 g/mol. The molecule has 0 bridgehead atoms. The van der Waals surface area contributed by atoms with E-state index in [9.17, 15) is 4.79 Å². The minimum Gasteiger partial charge on any atom is -0.368 e.